The minimum atomic E-state index is -0.608. The van der Waals surface area contributed by atoms with Crippen LogP contribution in [0, 0.1) is 17.0 Å². The number of benzene rings is 3. The third-order valence-electron chi connectivity index (χ3n) is 4.54. The molecule has 11 heteroatoms. The van der Waals surface area contributed by atoms with Crippen LogP contribution >= 0.6 is 15.9 Å². The Bertz CT molecular complexity index is 1280. The molecule has 3 aromatic carbocycles. The number of carbonyl (C=O) groups excluding carboxylic acids is 2. The molecule has 0 aromatic heterocycles. The summed E-state index contributed by atoms with van der Waals surface area (Å²) < 4.78 is 16.8. The number of amides is 1. The van der Waals surface area contributed by atoms with E-state index in [1.165, 1.54) is 25.5 Å². The van der Waals surface area contributed by atoms with Crippen LogP contribution in [0.2, 0.25) is 0 Å². The van der Waals surface area contributed by atoms with E-state index in [1.54, 1.807) is 55.5 Å². The molecule has 0 aliphatic rings. The molecule has 0 aliphatic carbocycles. The van der Waals surface area contributed by atoms with Crippen LogP contribution in [0.4, 0.5) is 5.69 Å². The number of aryl methyl sites for hydroxylation is 1. The van der Waals surface area contributed by atoms with Crippen molar-refractivity contribution in [1.82, 2.24) is 5.43 Å². The van der Waals surface area contributed by atoms with Crippen LogP contribution in [-0.4, -0.2) is 36.7 Å². The lowest BCUT2D eigenvalue weighted by molar-refractivity contribution is -0.385. The Labute approximate surface area is 208 Å². The Morgan fingerprint density at radius 1 is 1.06 bits per heavy atom. The van der Waals surface area contributed by atoms with Crippen molar-refractivity contribution < 1.29 is 28.7 Å². The molecule has 0 unspecified atom stereocenters. The normalized spacial score (nSPS) is 10.6. The van der Waals surface area contributed by atoms with Gasteiger partial charge in [-0.2, -0.15) is 5.10 Å². The molecule has 1 N–H and O–H groups in total. The van der Waals surface area contributed by atoms with Gasteiger partial charge in [-0.25, -0.2) is 10.2 Å². The summed E-state index contributed by atoms with van der Waals surface area (Å²) in [5.74, 6) is -0.658. The third-order valence-corrected chi connectivity index (χ3v) is 5.07. The molecule has 3 aromatic rings. The van der Waals surface area contributed by atoms with E-state index in [4.69, 9.17) is 14.2 Å². The fourth-order valence-electron chi connectivity index (χ4n) is 2.84. The summed E-state index contributed by atoms with van der Waals surface area (Å²) >= 11 is 3.31. The van der Waals surface area contributed by atoms with Gasteiger partial charge in [-0.1, -0.05) is 22.0 Å². The van der Waals surface area contributed by atoms with Crippen molar-refractivity contribution in [2.45, 2.75) is 6.92 Å². The minimum Gasteiger partial charge on any atom is -0.493 e. The molecular formula is C24H20BrN3O7. The Morgan fingerprint density at radius 3 is 2.46 bits per heavy atom. The number of rotatable bonds is 9. The van der Waals surface area contributed by atoms with Gasteiger partial charge < -0.3 is 14.2 Å². The van der Waals surface area contributed by atoms with Crippen molar-refractivity contribution in [1.29, 1.82) is 0 Å². The molecule has 0 saturated heterocycles. The molecule has 0 atom stereocenters. The number of esters is 1. The SMILES string of the molecule is COc1cc(/C=N/NC(=O)COc2ccc(C)cc2[N+](=O)[O-])ccc1OC(=O)c1ccc(Br)cc1. The number of nitrogens with zero attached hydrogens (tertiary/aromatic N) is 2. The molecular weight excluding hydrogens is 522 g/mol. The van der Waals surface area contributed by atoms with Gasteiger partial charge in [0.05, 0.1) is 23.8 Å². The van der Waals surface area contributed by atoms with Crippen LogP contribution in [0.15, 0.2) is 70.2 Å². The summed E-state index contributed by atoms with van der Waals surface area (Å²) in [4.78, 5) is 34.9. The summed E-state index contributed by atoms with van der Waals surface area (Å²) in [7, 11) is 1.43. The average Bonchev–Trinajstić information content (AvgIpc) is 2.84. The zero-order valence-corrected chi connectivity index (χ0v) is 20.3. The summed E-state index contributed by atoms with van der Waals surface area (Å²) in [6.07, 6.45) is 1.36. The minimum absolute atomic E-state index is 0.0160. The lowest BCUT2D eigenvalue weighted by Crippen LogP contribution is -2.24. The number of methoxy groups -OCH3 is 1. The van der Waals surface area contributed by atoms with E-state index < -0.39 is 23.4 Å². The topological polar surface area (TPSA) is 129 Å². The van der Waals surface area contributed by atoms with Gasteiger partial charge in [0, 0.05) is 10.5 Å². The molecule has 0 saturated carbocycles. The fourth-order valence-corrected chi connectivity index (χ4v) is 3.10. The number of halogens is 1. The quantitative estimate of drug-likeness (QED) is 0.139. The lowest BCUT2D eigenvalue weighted by atomic mass is 10.2. The molecule has 10 nitrogen and oxygen atoms in total. The number of nitro benzene ring substituents is 1. The van der Waals surface area contributed by atoms with Crippen molar-refractivity contribution in [2.24, 2.45) is 5.10 Å². The highest BCUT2D eigenvalue weighted by atomic mass is 79.9. The Balaban J connectivity index is 1.58. The molecule has 3 rings (SSSR count). The van der Waals surface area contributed by atoms with Crippen molar-refractivity contribution in [3.8, 4) is 17.2 Å². The van der Waals surface area contributed by atoms with E-state index in [1.807, 2.05) is 0 Å². The van der Waals surface area contributed by atoms with Gasteiger partial charge >= 0.3 is 11.7 Å². The van der Waals surface area contributed by atoms with Gasteiger partial charge in [-0.05, 0) is 66.6 Å². The second kappa shape index (κ2) is 11.7. The van der Waals surface area contributed by atoms with Crippen LogP contribution in [0.5, 0.6) is 17.2 Å². The molecule has 0 fully saturated rings. The third kappa shape index (κ3) is 7.11. The second-order valence-electron chi connectivity index (χ2n) is 7.12. The van der Waals surface area contributed by atoms with Crippen molar-refractivity contribution in [3.63, 3.8) is 0 Å². The van der Waals surface area contributed by atoms with E-state index >= 15 is 0 Å². The maximum Gasteiger partial charge on any atom is 0.343 e. The highest BCUT2D eigenvalue weighted by molar-refractivity contribution is 9.10. The number of hydrogen-bond acceptors (Lipinski definition) is 8. The van der Waals surface area contributed by atoms with Gasteiger partial charge in [0.1, 0.15) is 0 Å². The molecule has 35 heavy (non-hydrogen) atoms. The number of carbonyl (C=O) groups is 2. The second-order valence-corrected chi connectivity index (χ2v) is 8.03. The monoisotopic (exact) mass is 541 g/mol. The number of hydrazone groups is 1. The van der Waals surface area contributed by atoms with Gasteiger partial charge in [-0.3, -0.25) is 14.9 Å². The molecule has 1 amide bonds. The van der Waals surface area contributed by atoms with E-state index in [-0.39, 0.29) is 17.2 Å². The predicted molar refractivity (Wildman–Crippen MR) is 131 cm³/mol. The maximum atomic E-state index is 12.3. The fraction of sp³-hybridized carbons (Fsp3) is 0.125. The van der Waals surface area contributed by atoms with E-state index in [9.17, 15) is 19.7 Å². The zero-order chi connectivity index (χ0) is 25.4. The van der Waals surface area contributed by atoms with Crippen LogP contribution in [0.25, 0.3) is 0 Å². The van der Waals surface area contributed by atoms with E-state index in [2.05, 4.69) is 26.5 Å². The summed E-state index contributed by atoms with van der Waals surface area (Å²) in [5.41, 5.74) is 3.68. The van der Waals surface area contributed by atoms with Crippen molar-refractivity contribution in [2.75, 3.05) is 13.7 Å². The highest BCUT2D eigenvalue weighted by Gasteiger charge is 2.16. The van der Waals surface area contributed by atoms with Gasteiger partial charge in [-0.15, -0.1) is 0 Å². The van der Waals surface area contributed by atoms with Crippen LogP contribution < -0.4 is 19.6 Å². The summed E-state index contributed by atoms with van der Waals surface area (Å²) in [5, 5.41) is 15.0. The largest absolute Gasteiger partial charge is 0.493 e. The smallest absolute Gasteiger partial charge is 0.343 e. The molecule has 0 bridgehead atoms. The van der Waals surface area contributed by atoms with Crippen LogP contribution in [0.3, 0.4) is 0 Å². The first-order chi connectivity index (χ1) is 16.8. The van der Waals surface area contributed by atoms with Crippen molar-refractivity contribution in [3.05, 3.63) is 91.9 Å². The first-order valence-corrected chi connectivity index (χ1v) is 10.9. The van der Waals surface area contributed by atoms with Gasteiger partial charge in [0.25, 0.3) is 5.91 Å². The highest BCUT2D eigenvalue weighted by Crippen LogP contribution is 2.29. The summed E-state index contributed by atoms with van der Waals surface area (Å²) in [6.45, 7) is 1.25. The van der Waals surface area contributed by atoms with Gasteiger partial charge in [0.2, 0.25) is 0 Å². The van der Waals surface area contributed by atoms with E-state index in [0.717, 1.165) is 4.47 Å². The number of nitro groups is 1. The Kier molecular flexibility index (Phi) is 8.52. The Morgan fingerprint density at radius 2 is 1.77 bits per heavy atom. The summed E-state index contributed by atoms with van der Waals surface area (Å²) in [6, 6.07) is 15.9. The molecule has 0 aliphatic heterocycles. The molecule has 0 radical (unpaired) electrons. The molecule has 180 valence electrons. The molecule has 0 heterocycles. The van der Waals surface area contributed by atoms with E-state index in [0.29, 0.717) is 22.4 Å². The van der Waals surface area contributed by atoms with Crippen molar-refractivity contribution >= 4 is 39.7 Å². The molecule has 0 spiro atoms. The van der Waals surface area contributed by atoms with Crippen LogP contribution in [0.1, 0.15) is 21.5 Å². The average molecular weight is 542 g/mol. The first-order valence-electron chi connectivity index (χ1n) is 10.1. The predicted octanol–water partition coefficient (Wildman–Crippen LogP) is 4.42. The first kappa shape index (κ1) is 25.4. The zero-order valence-electron chi connectivity index (χ0n) is 18.7. The maximum absolute atomic E-state index is 12.3. The standard InChI is InChI=1S/C24H20BrN3O7/c1-15-3-9-20(19(11-15)28(31)32)34-14-23(29)27-26-13-16-4-10-21(22(12-16)33-2)35-24(30)17-5-7-18(25)8-6-17/h3-13H,14H2,1-2H3,(H,27,29)/b26-13+. The van der Waals surface area contributed by atoms with Crippen LogP contribution in [-0.2, 0) is 4.79 Å². The lowest BCUT2D eigenvalue weighted by Gasteiger charge is -2.10. The number of nitrogens with one attached hydrogen (secondary N) is 1. The van der Waals surface area contributed by atoms with Gasteiger partial charge in [0.15, 0.2) is 23.9 Å². The number of ether oxygens (including phenoxy) is 3. The Hall–Kier alpha value is -4.25. The number of hydrogen-bond donors (Lipinski definition) is 1.